The van der Waals surface area contributed by atoms with Gasteiger partial charge in [0.25, 0.3) is 0 Å². The zero-order valence-corrected chi connectivity index (χ0v) is 21.4. The quantitative estimate of drug-likeness (QED) is 0.448. The van der Waals surface area contributed by atoms with Crippen LogP contribution in [0.4, 0.5) is 0 Å². The van der Waals surface area contributed by atoms with E-state index >= 15 is 0 Å². The number of carboxylic acids is 2. The third-order valence-electron chi connectivity index (χ3n) is 7.65. The summed E-state index contributed by atoms with van der Waals surface area (Å²) in [4.78, 5) is 20.9. The molecule has 2 atom stereocenters. The van der Waals surface area contributed by atoms with Gasteiger partial charge in [0.15, 0.2) is 0 Å². The van der Waals surface area contributed by atoms with Gasteiger partial charge in [-0.2, -0.15) is 0 Å². The van der Waals surface area contributed by atoms with Gasteiger partial charge in [0.05, 0.1) is 12.7 Å². The molecule has 3 heterocycles. The number of benzene rings is 3. The van der Waals surface area contributed by atoms with E-state index in [4.69, 9.17) is 24.5 Å². The van der Waals surface area contributed by atoms with Crippen LogP contribution in [0.5, 0.6) is 0 Å². The van der Waals surface area contributed by atoms with Gasteiger partial charge in [-0.25, -0.2) is 9.59 Å². The number of carboxylic acid groups (broad SMARTS) is 2. The fraction of sp³-hybridized carbons (Fsp3) is 0.355. The monoisotopic (exact) mass is 501 g/mol. The summed E-state index contributed by atoms with van der Waals surface area (Å²) in [6.45, 7) is 7.44. The predicted molar refractivity (Wildman–Crippen MR) is 143 cm³/mol. The third kappa shape index (κ3) is 6.45. The molecule has 0 spiro atoms. The minimum Gasteiger partial charge on any atom is -0.473 e. The van der Waals surface area contributed by atoms with E-state index in [0.717, 1.165) is 0 Å². The first-order valence-electron chi connectivity index (χ1n) is 12.8. The number of fused-ring (bicyclic) bond motifs is 3. The van der Waals surface area contributed by atoms with Gasteiger partial charge in [0, 0.05) is 12.0 Å². The van der Waals surface area contributed by atoms with Crippen LogP contribution in [0.15, 0.2) is 78.9 Å². The lowest BCUT2D eigenvalue weighted by atomic mass is 9.72. The van der Waals surface area contributed by atoms with Gasteiger partial charge in [0.1, 0.15) is 0 Å². The molecule has 2 unspecified atom stereocenters. The summed E-state index contributed by atoms with van der Waals surface area (Å²) in [5, 5.41) is 14.8. The molecule has 3 aliphatic rings. The largest absolute Gasteiger partial charge is 0.473 e. The Hall–Kier alpha value is -3.48. The van der Waals surface area contributed by atoms with Crippen molar-refractivity contribution in [2.24, 2.45) is 5.92 Å². The molecule has 37 heavy (non-hydrogen) atoms. The van der Waals surface area contributed by atoms with Crippen molar-refractivity contribution in [3.63, 3.8) is 0 Å². The second-order valence-corrected chi connectivity index (χ2v) is 9.97. The van der Waals surface area contributed by atoms with Crippen molar-refractivity contribution in [1.82, 2.24) is 4.90 Å². The molecule has 3 aliphatic heterocycles. The fourth-order valence-electron chi connectivity index (χ4n) is 5.66. The fourth-order valence-corrected chi connectivity index (χ4v) is 5.66. The average Bonchev–Trinajstić information content (AvgIpc) is 2.92. The maximum Gasteiger partial charge on any atom is 0.414 e. The lowest BCUT2D eigenvalue weighted by molar-refractivity contribution is -0.159. The third-order valence-corrected chi connectivity index (χ3v) is 7.65. The number of hydrogen-bond acceptors (Lipinski definition) is 4. The van der Waals surface area contributed by atoms with Crippen LogP contribution in [-0.2, 0) is 20.9 Å². The minimum absolute atomic E-state index is 0.259. The van der Waals surface area contributed by atoms with E-state index in [1.54, 1.807) is 0 Å². The molecule has 0 radical (unpaired) electrons. The van der Waals surface area contributed by atoms with Crippen molar-refractivity contribution in [2.45, 2.75) is 51.4 Å². The van der Waals surface area contributed by atoms with Crippen LogP contribution in [-0.4, -0.2) is 52.3 Å². The molecule has 3 aromatic carbocycles. The summed E-state index contributed by atoms with van der Waals surface area (Å²) < 4.78 is 6.79. The topological polar surface area (TPSA) is 87.1 Å². The Balaban J connectivity index is 0.000000480. The van der Waals surface area contributed by atoms with Gasteiger partial charge in [-0.3, -0.25) is 4.90 Å². The van der Waals surface area contributed by atoms with Crippen LogP contribution in [0.3, 0.4) is 0 Å². The van der Waals surface area contributed by atoms with Crippen LogP contribution in [0, 0.1) is 19.8 Å². The zero-order chi connectivity index (χ0) is 26.4. The molecule has 0 aliphatic carbocycles. The van der Waals surface area contributed by atoms with Gasteiger partial charge >= 0.3 is 11.9 Å². The average molecular weight is 502 g/mol. The Kier molecular flexibility index (Phi) is 8.74. The number of ether oxygens (including phenoxy) is 1. The predicted octanol–water partition coefficient (Wildman–Crippen LogP) is 5.27. The number of rotatable bonds is 6. The van der Waals surface area contributed by atoms with Crippen LogP contribution in [0.2, 0.25) is 0 Å². The maximum absolute atomic E-state index is 9.10. The SMILES string of the molecule is Cc1ccc(COC2C3CCN(CC3)C2C(c2ccccc2)c2ccccc2)cc1C.O=C(O)C(=O)O. The number of piperidine rings is 3. The van der Waals surface area contributed by atoms with E-state index in [9.17, 15) is 0 Å². The van der Waals surface area contributed by atoms with Gasteiger partial charge in [-0.05, 0) is 73.5 Å². The van der Waals surface area contributed by atoms with Crippen molar-refractivity contribution >= 4 is 11.9 Å². The number of carbonyl (C=O) groups is 2. The lowest BCUT2D eigenvalue weighted by Gasteiger charge is -2.53. The molecule has 0 saturated carbocycles. The van der Waals surface area contributed by atoms with Crippen molar-refractivity contribution in [2.75, 3.05) is 13.1 Å². The summed E-state index contributed by atoms with van der Waals surface area (Å²) in [7, 11) is 0. The minimum atomic E-state index is -1.82. The Bertz CT molecular complexity index is 1140. The number of aliphatic carboxylic acids is 2. The van der Waals surface area contributed by atoms with Gasteiger partial charge in [-0.15, -0.1) is 0 Å². The normalized spacial score (nSPS) is 22.2. The van der Waals surface area contributed by atoms with Crippen molar-refractivity contribution in [1.29, 1.82) is 0 Å². The molecule has 0 aromatic heterocycles. The van der Waals surface area contributed by atoms with E-state index in [-0.39, 0.29) is 6.10 Å². The maximum atomic E-state index is 9.10. The molecule has 6 rings (SSSR count). The van der Waals surface area contributed by atoms with Gasteiger partial charge in [-0.1, -0.05) is 78.9 Å². The van der Waals surface area contributed by atoms with Crippen molar-refractivity contribution < 1.29 is 24.5 Å². The van der Waals surface area contributed by atoms with Gasteiger partial charge < -0.3 is 14.9 Å². The van der Waals surface area contributed by atoms with Crippen molar-refractivity contribution in [3.05, 3.63) is 107 Å². The summed E-state index contributed by atoms with van der Waals surface area (Å²) in [5.74, 6) is -2.67. The Labute approximate surface area is 218 Å². The van der Waals surface area contributed by atoms with Crippen LogP contribution in [0.1, 0.15) is 46.6 Å². The highest BCUT2D eigenvalue weighted by Crippen LogP contribution is 2.43. The molecule has 2 N–H and O–H groups in total. The molecule has 2 bridgehead atoms. The van der Waals surface area contributed by atoms with E-state index < -0.39 is 11.9 Å². The first kappa shape index (κ1) is 26.6. The standard InChI is InChI=1S/C29H33NO.C2H2O4/c1-21-13-14-23(19-22(21)2)20-31-29-26-15-17-30(18-16-26)28(29)27(24-9-5-3-6-10-24)25-11-7-4-8-12-25;3-1(4)2(5)6/h3-14,19,26-29H,15-18,20H2,1-2H3;(H,3,4)(H,5,6). The second kappa shape index (κ2) is 12.2. The zero-order valence-electron chi connectivity index (χ0n) is 21.4. The van der Waals surface area contributed by atoms with Crippen LogP contribution >= 0.6 is 0 Å². The van der Waals surface area contributed by atoms with E-state index in [1.807, 2.05) is 0 Å². The Morgan fingerprint density at radius 3 is 1.86 bits per heavy atom. The number of hydrogen-bond donors (Lipinski definition) is 2. The first-order chi connectivity index (χ1) is 17.8. The highest BCUT2D eigenvalue weighted by atomic mass is 16.5. The summed E-state index contributed by atoms with van der Waals surface area (Å²) in [6.07, 6.45) is 2.77. The molecule has 3 saturated heterocycles. The molecular formula is C31H35NO5. The Morgan fingerprint density at radius 1 is 0.838 bits per heavy atom. The molecular weight excluding hydrogens is 466 g/mol. The van der Waals surface area contributed by atoms with E-state index in [0.29, 0.717) is 24.5 Å². The highest BCUT2D eigenvalue weighted by Gasteiger charge is 2.47. The van der Waals surface area contributed by atoms with Gasteiger partial charge in [0.2, 0.25) is 0 Å². The summed E-state index contributed by atoms with van der Waals surface area (Å²) in [6, 6.07) is 29.2. The van der Waals surface area contributed by atoms with E-state index in [1.165, 1.54) is 53.7 Å². The summed E-state index contributed by atoms with van der Waals surface area (Å²) >= 11 is 0. The molecule has 194 valence electrons. The van der Waals surface area contributed by atoms with Crippen molar-refractivity contribution in [3.8, 4) is 0 Å². The molecule has 0 amide bonds. The Morgan fingerprint density at radius 2 is 1.38 bits per heavy atom. The molecule has 6 heteroatoms. The smallest absolute Gasteiger partial charge is 0.414 e. The molecule has 3 fully saturated rings. The summed E-state index contributed by atoms with van der Waals surface area (Å²) in [5.41, 5.74) is 6.77. The number of aryl methyl sites for hydroxylation is 2. The van der Waals surface area contributed by atoms with Crippen LogP contribution in [0.25, 0.3) is 0 Å². The second-order valence-electron chi connectivity index (χ2n) is 9.97. The van der Waals surface area contributed by atoms with E-state index in [2.05, 4.69) is 97.6 Å². The highest BCUT2D eigenvalue weighted by molar-refractivity contribution is 6.27. The molecule has 6 nitrogen and oxygen atoms in total. The first-order valence-corrected chi connectivity index (χ1v) is 12.8. The number of nitrogens with zero attached hydrogens (tertiary/aromatic N) is 1. The van der Waals surface area contributed by atoms with Crippen LogP contribution < -0.4 is 0 Å². The lowest BCUT2D eigenvalue weighted by Crippen LogP contribution is -2.60. The molecule has 3 aromatic rings.